The molecule has 100 valence electrons. The van der Waals surface area contributed by atoms with Crippen LogP contribution in [0.25, 0.3) is 0 Å². The maximum absolute atomic E-state index is 11.6. The van der Waals surface area contributed by atoms with Gasteiger partial charge in [0.2, 0.25) is 0 Å². The second-order valence-corrected chi connectivity index (χ2v) is 4.39. The number of ether oxygens (including phenoxy) is 1. The van der Waals surface area contributed by atoms with Crippen LogP contribution in [0.15, 0.2) is 34.0 Å². The average molecular weight is 282 g/mol. The van der Waals surface area contributed by atoms with Gasteiger partial charge in [-0.25, -0.2) is 4.79 Å². The summed E-state index contributed by atoms with van der Waals surface area (Å²) in [6.45, 7) is 0.233. The van der Waals surface area contributed by atoms with Crippen LogP contribution in [0.1, 0.15) is 5.56 Å². The molecule has 7 heteroatoms. The van der Waals surface area contributed by atoms with Crippen LogP contribution in [0, 0.1) is 0 Å². The van der Waals surface area contributed by atoms with Gasteiger partial charge in [-0.2, -0.15) is 0 Å². The largest absolute Gasteiger partial charge is 0.497 e. The predicted octanol–water partition coefficient (Wildman–Crippen LogP) is 0.829. The summed E-state index contributed by atoms with van der Waals surface area (Å²) in [5.74, 6) is 0.596. The van der Waals surface area contributed by atoms with E-state index in [1.807, 2.05) is 0 Å². The lowest BCUT2D eigenvalue weighted by atomic mass is 10.2. The Morgan fingerprint density at radius 2 is 2.11 bits per heavy atom. The van der Waals surface area contributed by atoms with Crippen LogP contribution < -0.4 is 21.7 Å². The van der Waals surface area contributed by atoms with Gasteiger partial charge in [-0.15, -0.1) is 0 Å². The minimum Gasteiger partial charge on any atom is -0.497 e. The molecule has 0 atom stereocenters. The fourth-order valence-corrected chi connectivity index (χ4v) is 1.86. The van der Waals surface area contributed by atoms with Crippen molar-refractivity contribution in [3.05, 3.63) is 55.8 Å². The van der Waals surface area contributed by atoms with Crippen molar-refractivity contribution in [3.8, 4) is 5.75 Å². The predicted molar refractivity (Wildman–Crippen MR) is 72.8 cm³/mol. The standard InChI is InChI=1S/C12H12ClN3O3/c1-19-9-3-7(2-8(14)4-9)5-16-6-10(13)11(17)15-12(16)18/h2-4,6H,5,14H2,1H3,(H,15,17,18). The Bertz CT molecular complexity index is 721. The Kier molecular flexibility index (Phi) is 3.62. The fraction of sp³-hybridized carbons (Fsp3) is 0.167. The number of hydrogen-bond acceptors (Lipinski definition) is 4. The number of hydrogen-bond donors (Lipinski definition) is 2. The summed E-state index contributed by atoms with van der Waals surface area (Å²) in [7, 11) is 1.53. The minimum atomic E-state index is -0.604. The topological polar surface area (TPSA) is 90.1 Å². The van der Waals surface area contributed by atoms with Gasteiger partial charge in [-0.05, 0) is 17.7 Å². The van der Waals surface area contributed by atoms with Gasteiger partial charge in [0.15, 0.2) is 0 Å². The van der Waals surface area contributed by atoms with Crippen LogP contribution in [0.5, 0.6) is 5.75 Å². The number of aromatic amines is 1. The van der Waals surface area contributed by atoms with Crippen molar-refractivity contribution < 1.29 is 4.74 Å². The second kappa shape index (κ2) is 5.19. The molecule has 0 radical (unpaired) electrons. The molecule has 0 saturated heterocycles. The Labute approximate surface area is 113 Å². The number of halogens is 1. The number of nitrogen functional groups attached to an aromatic ring is 1. The van der Waals surface area contributed by atoms with Gasteiger partial charge in [0.05, 0.1) is 13.7 Å². The first-order valence-corrected chi connectivity index (χ1v) is 5.80. The third-order valence-corrected chi connectivity index (χ3v) is 2.81. The highest BCUT2D eigenvalue weighted by atomic mass is 35.5. The normalized spacial score (nSPS) is 10.4. The average Bonchev–Trinajstić information content (AvgIpc) is 2.35. The van der Waals surface area contributed by atoms with Crippen LogP contribution in [-0.4, -0.2) is 16.7 Å². The molecule has 3 N–H and O–H groups in total. The maximum Gasteiger partial charge on any atom is 0.328 e. The molecular formula is C12H12ClN3O3. The zero-order valence-electron chi connectivity index (χ0n) is 10.1. The Hall–Kier alpha value is -2.21. The number of benzene rings is 1. The highest BCUT2D eigenvalue weighted by molar-refractivity contribution is 6.30. The van der Waals surface area contributed by atoms with Crippen molar-refractivity contribution in [2.75, 3.05) is 12.8 Å². The lowest BCUT2D eigenvalue weighted by Gasteiger charge is -2.08. The summed E-state index contributed by atoms with van der Waals surface area (Å²) in [5.41, 5.74) is 5.89. The molecule has 0 aliphatic heterocycles. The van der Waals surface area contributed by atoms with E-state index in [4.69, 9.17) is 22.1 Å². The molecule has 0 spiro atoms. The van der Waals surface area contributed by atoms with Gasteiger partial charge in [0, 0.05) is 18.0 Å². The van der Waals surface area contributed by atoms with Crippen molar-refractivity contribution >= 4 is 17.3 Å². The Morgan fingerprint density at radius 3 is 2.79 bits per heavy atom. The molecule has 19 heavy (non-hydrogen) atoms. The quantitative estimate of drug-likeness (QED) is 0.816. The zero-order valence-corrected chi connectivity index (χ0v) is 10.9. The van der Waals surface area contributed by atoms with E-state index in [1.165, 1.54) is 17.9 Å². The van der Waals surface area contributed by atoms with Crippen molar-refractivity contribution in [2.24, 2.45) is 0 Å². The van der Waals surface area contributed by atoms with Gasteiger partial charge in [-0.3, -0.25) is 14.3 Å². The highest BCUT2D eigenvalue weighted by Crippen LogP contribution is 2.18. The number of nitrogens with zero attached hydrogens (tertiary/aromatic N) is 1. The second-order valence-electron chi connectivity index (χ2n) is 3.98. The van der Waals surface area contributed by atoms with Crippen LogP contribution in [0.3, 0.4) is 0 Å². The number of H-pyrrole nitrogens is 1. The molecule has 0 bridgehead atoms. The molecule has 0 amide bonds. The Balaban J connectivity index is 2.41. The zero-order chi connectivity index (χ0) is 14.0. The smallest absolute Gasteiger partial charge is 0.328 e. The number of methoxy groups -OCH3 is 1. The maximum atomic E-state index is 11.6. The summed E-state index contributed by atoms with van der Waals surface area (Å²) in [6, 6.07) is 5.14. The number of anilines is 1. The van der Waals surface area contributed by atoms with E-state index in [0.29, 0.717) is 11.4 Å². The molecular weight excluding hydrogens is 270 g/mol. The molecule has 0 unspecified atom stereocenters. The van der Waals surface area contributed by atoms with E-state index in [1.54, 1.807) is 18.2 Å². The molecule has 1 heterocycles. The van der Waals surface area contributed by atoms with Gasteiger partial charge in [0.1, 0.15) is 10.8 Å². The molecule has 1 aromatic heterocycles. The van der Waals surface area contributed by atoms with Crippen LogP contribution in [0.4, 0.5) is 5.69 Å². The molecule has 0 aliphatic rings. The third-order valence-electron chi connectivity index (χ3n) is 2.54. The summed E-state index contributed by atoms with van der Waals surface area (Å²) in [5, 5.41) is -0.0459. The molecule has 0 fully saturated rings. The van der Waals surface area contributed by atoms with E-state index in [0.717, 1.165) is 5.56 Å². The minimum absolute atomic E-state index is 0.0459. The van der Waals surface area contributed by atoms with Crippen molar-refractivity contribution in [1.29, 1.82) is 0 Å². The third kappa shape index (κ3) is 2.97. The molecule has 0 aliphatic carbocycles. The van der Waals surface area contributed by atoms with Crippen molar-refractivity contribution in [1.82, 2.24) is 9.55 Å². The van der Waals surface area contributed by atoms with Gasteiger partial charge >= 0.3 is 5.69 Å². The van der Waals surface area contributed by atoms with Gasteiger partial charge in [-0.1, -0.05) is 11.6 Å². The summed E-state index contributed by atoms with van der Waals surface area (Å²) >= 11 is 5.69. The summed E-state index contributed by atoms with van der Waals surface area (Å²) < 4.78 is 6.38. The lowest BCUT2D eigenvalue weighted by molar-refractivity contribution is 0.414. The molecule has 2 rings (SSSR count). The SMILES string of the molecule is COc1cc(N)cc(Cn2cc(Cl)c(=O)[nH]c2=O)c1. The number of aromatic nitrogens is 2. The van der Waals surface area contributed by atoms with Crippen molar-refractivity contribution in [3.63, 3.8) is 0 Å². The van der Waals surface area contributed by atoms with E-state index in [9.17, 15) is 9.59 Å². The molecule has 6 nitrogen and oxygen atoms in total. The number of nitrogens with one attached hydrogen (secondary N) is 1. The first-order valence-electron chi connectivity index (χ1n) is 5.42. The number of rotatable bonds is 3. The van der Waals surface area contributed by atoms with E-state index >= 15 is 0 Å². The molecule has 2 aromatic rings. The summed E-state index contributed by atoms with van der Waals surface area (Å²) in [4.78, 5) is 24.9. The van der Waals surface area contributed by atoms with E-state index in [2.05, 4.69) is 4.98 Å². The Morgan fingerprint density at radius 1 is 1.37 bits per heavy atom. The van der Waals surface area contributed by atoms with Crippen molar-refractivity contribution in [2.45, 2.75) is 6.54 Å². The van der Waals surface area contributed by atoms with Crippen LogP contribution in [-0.2, 0) is 6.54 Å². The first kappa shape index (κ1) is 13.2. The van der Waals surface area contributed by atoms with E-state index < -0.39 is 11.2 Å². The molecule has 0 saturated carbocycles. The first-order chi connectivity index (χ1) is 8.99. The lowest BCUT2D eigenvalue weighted by Crippen LogP contribution is -2.29. The van der Waals surface area contributed by atoms with Gasteiger partial charge < -0.3 is 10.5 Å². The highest BCUT2D eigenvalue weighted by Gasteiger charge is 2.05. The monoisotopic (exact) mass is 281 g/mol. The number of nitrogens with two attached hydrogens (primary N) is 1. The summed E-state index contributed by atoms with van der Waals surface area (Å²) in [6.07, 6.45) is 1.29. The van der Waals surface area contributed by atoms with Crippen LogP contribution in [0.2, 0.25) is 5.02 Å². The fourth-order valence-electron chi connectivity index (χ4n) is 1.69. The molecule has 1 aromatic carbocycles. The van der Waals surface area contributed by atoms with E-state index in [-0.39, 0.29) is 11.6 Å². The van der Waals surface area contributed by atoms with Gasteiger partial charge in [0.25, 0.3) is 5.56 Å². The van der Waals surface area contributed by atoms with Crippen LogP contribution >= 0.6 is 11.6 Å².